The van der Waals surface area contributed by atoms with Crippen molar-refractivity contribution in [3.8, 4) is 0 Å². The van der Waals surface area contributed by atoms with Crippen molar-refractivity contribution in [2.75, 3.05) is 21.1 Å². The summed E-state index contributed by atoms with van der Waals surface area (Å²) < 4.78 is 0. The van der Waals surface area contributed by atoms with Crippen LogP contribution < -0.4 is 5.32 Å². The largest absolute Gasteiger partial charge is 0.315 e. The molecule has 0 bridgehead atoms. The topological polar surface area (TPSA) is 28.2 Å². The third kappa shape index (κ3) is 3.21. The van der Waals surface area contributed by atoms with Gasteiger partial charge in [0.15, 0.2) is 0 Å². The molecule has 0 radical (unpaired) electrons. The van der Waals surface area contributed by atoms with Crippen molar-refractivity contribution in [2.24, 2.45) is 5.92 Å². The molecular formula is C17H29N3. The lowest BCUT2D eigenvalue weighted by molar-refractivity contribution is 0.0399. The number of rotatable bonds is 5. The Bertz CT molecular complexity index is 404. The minimum absolute atomic E-state index is 0.273. The van der Waals surface area contributed by atoms with E-state index in [1.165, 1.54) is 31.2 Å². The maximum atomic E-state index is 4.12. The fourth-order valence-corrected chi connectivity index (χ4v) is 3.91. The summed E-state index contributed by atoms with van der Waals surface area (Å²) in [6.07, 6.45) is 10.2. The standard InChI is InChI=1S/C17H29N3/c1-14-6-5-9-17(13-14,20(3)4)16(18-2)12-15-7-10-19-11-8-15/h7-8,10-11,14,16,18H,5-6,9,12-13H2,1-4H3. The first-order valence-electron chi connectivity index (χ1n) is 7.82. The Morgan fingerprint density at radius 1 is 1.40 bits per heavy atom. The van der Waals surface area contributed by atoms with Gasteiger partial charge in [-0.15, -0.1) is 0 Å². The summed E-state index contributed by atoms with van der Waals surface area (Å²) in [6, 6.07) is 4.77. The number of likely N-dealkylation sites (N-methyl/N-ethyl adjacent to an activating group) is 2. The maximum absolute atomic E-state index is 4.12. The van der Waals surface area contributed by atoms with Gasteiger partial charge in [0.2, 0.25) is 0 Å². The van der Waals surface area contributed by atoms with Gasteiger partial charge >= 0.3 is 0 Å². The predicted molar refractivity (Wildman–Crippen MR) is 84.8 cm³/mol. The van der Waals surface area contributed by atoms with Gasteiger partial charge in [-0.2, -0.15) is 0 Å². The van der Waals surface area contributed by atoms with Crippen LogP contribution in [0, 0.1) is 5.92 Å². The Morgan fingerprint density at radius 3 is 2.65 bits per heavy atom. The number of nitrogens with zero attached hydrogens (tertiary/aromatic N) is 2. The molecule has 1 fully saturated rings. The minimum atomic E-state index is 0.273. The van der Waals surface area contributed by atoms with Gasteiger partial charge in [0, 0.05) is 24.0 Å². The summed E-state index contributed by atoms with van der Waals surface area (Å²) in [5, 5.41) is 3.60. The Balaban J connectivity index is 2.21. The van der Waals surface area contributed by atoms with Crippen LogP contribution in [0.1, 0.15) is 38.2 Å². The fraction of sp³-hybridized carbons (Fsp3) is 0.706. The zero-order valence-electron chi connectivity index (χ0n) is 13.4. The normalized spacial score (nSPS) is 28.6. The molecule has 0 amide bonds. The molecule has 112 valence electrons. The van der Waals surface area contributed by atoms with E-state index in [-0.39, 0.29) is 5.54 Å². The molecule has 20 heavy (non-hydrogen) atoms. The molecule has 1 aliphatic carbocycles. The third-order valence-corrected chi connectivity index (χ3v) is 5.09. The van der Waals surface area contributed by atoms with Gasteiger partial charge in [0.05, 0.1) is 0 Å². The van der Waals surface area contributed by atoms with E-state index >= 15 is 0 Å². The lowest BCUT2D eigenvalue weighted by Gasteiger charge is -2.50. The molecule has 3 nitrogen and oxygen atoms in total. The molecule has 1 aromatic rings. The molecule has 1 aliphatic rings. The zero-order valence-corrected chi connectivity index (χ0v) is 13.4. The summed E-state index contributed by atoms with van der Waals surface area (Å²) in [5.41, 5.74) is 1.65. The average Bonchev–Trinajstić information content (AvgIpc) is 2.45. The summed E-state index contributed by atoms with van der Waals surface area (Å²) in [6.45, 7) is 2.40. The van der Waals surface area contributed by atoms with E-state index in [1.54, 1.807) is 0 Å². The highest BCUT2D eigenvalue weighted by Gasteiger charge is 2.42. The van der Waals surface area contributed by atoms with Crippen molar-refractivity contribution in [2.45, 2.75) is 50.6 Å². The second kappa shape index (κ2) is 6.68. The monoisotopic (exact) mass is 275 g/mol. The minimum Gasteiger partial charge on any atom is -0.315 e. The fourth-order valence-electron chi connectivity index (χ4n) is 3.91. The highest BCUT2D eigenvalue weighted by Crippen LogP contribution is 2.39. The third-order valence-electron chi connectivity index (χ3n) is 5.09. The van der Waals surface area contributed by atoms with E-state index in [0.29, 0.717) is 6.04 Å². The number of pyridine rings is 1. The van der Waals surface area contributed by atoms with E-state index in [2.05, 4.69) is 55.4 Å². The van der Waals surface area contributed by atoms with E-state index in [9.17, 15) is 0 Å². The lowest BCUT2D eigenvalue weighted by Crippen LogP contribution is -2.61. The highest BCUT2D eigenvalue weighted by atomic mass is 15.2. The molecule has 2 rings (SSSR count). The van der Waals surface area contributed by atoms with Crippen LogP contribution >= 0.6 is 0 Å². The van der Waals surface area contributed by atoms with E-state index < -0.39 is 0 Å². The molecule has 0 aliphatic heterocycles. The van der Waals surface area contributed by atoms with Gasteiger partial charge in [0.25, 0.3) is 0 Å². The first-order chi connectivity index (χ1) is 9.58. The van der Waals surface area contributed by atoms with Crippen molar-refractivity contribution in [3.63, 3.8) is 0 Å². The number of aromatic nitrogens is 1. The van der Waals surface area contributed by atoms with Crippen molar-refractivity contribution in [1.29, 1.82) is 0 Å². The van der Waals surface area contributed by atoms with Crippen LogP contribution in [0.4, 0.5) is 0 Å². The Morgan fingerprint density at radius 2 is 2.10 bits per heavy atom. The Kier molecular flexibility index (Phi) is 5.17. The molecular weight excluding hydrogens is 246 g/mol. The van der Waals surface area contributed by atoms with Crippen LogP contribution in [0.3, 0.4) is 0 Å². The molecule has 0 spiro atoms. The van der Waals surface area contributed by atoms with E-state index in [4.69, 9.17) is 0 Å². The number of hydrogen-bond donors (Lipinski definition) is 1. The van der Waals surface area contributed by atoms with Gasteiger partial charge in [-0.05, 0) is 64.0 Å². The van der Waals surface area contributed by atoms with Crippen LogP contribution in [0.15, 0.2) is 24.5 Å². The number of hydrogen-bond acceptors (Lipinski definition) is 3. The molecule has 1 saturated carbocycles. The van der Waals surface area contributed by atoms with Crippen LogP contribution in [-0.4, -0.2) is 42.6 Å². The van der Waals surface area contributed by atoms with E-state index in [0.717, 1.165) is 12.3 Å². The average molecular weight is 275 g/mol. The van der Waals surface area contributed by atoms with Gasteiger partial charge in [-0.3, -0.25) is 4.98 Å². The molecule has 0 saturated heterocycles. The Hall–Kier alpha value is -0.930. The quantitative estimate of drug-likeness (QED) is 0.895. The molecule has 0 aromatic carbocycles. The van der Waals surface area contributed by atoms with Gasteiger partial charge in [0.1, 0.15) is 0 Å². The van der Waals surface area contributed by atoms with Crippen molar-refractivity contribution >= 4 is 0 Å². The first kappa shape index (κ1) is 15.5. The molecule has 1 N–H and O–H groups in total. The van der Waals surface area contributed by atoms with Crippen molar-refractivity contribution < 1.29 is 0 Å². The van der Waals surface area contributed by atoms with E-state index in [1.807, 2.05) is 12.4 Å². The molecule has 1 heterocycles. The molecule has 3 atom stereocenters. The first-order valence-corrected chi connectivity index (χ1v) is 7.82. The predicted octanol–water partition coefficient (Wildman–Crippen LogP) is 2.72. The highest BCUT2D eigenvalue weighted by molar-refractivity contribution is 5.15. The second-order valence-electron chi connectivity index (χ2n) is 6.60. The smallest absolute Gasteiger partial charge is 0.0362 e. The molecule has 3 heteroatoms. The zero-order chi connectivity index (χ0) is 14.6. The summed E-state index contributed by atoms with van der Waals surface area (Å²) in [5.74, 6) is 0.819. The van der Waals surface area contributed by atoms with Gasteiger partial charge in [-0.25, -0.2) is 0 Å². The Labute approximate surface area is 123 Å². The number of nitrogens with one attached hydrogen (secondary N) is 1. The summed E-state index contributed by atoms with van der Waals surface area (Å²) in [7, 11) is 6.60. The van der Waals surface area contributed by atoms with Crippen LogP contribution in [-0.2, 0) is 6.42 Å². The lowest BCUT2D eigenvalue weighted by atomic mass is 9.70. The summed E-state index contributed by atoms with van der Waals surface area (Å²) in [4.78, 5) is 6.59. The van der Waals surface area contributed by atoms with Crippen LogP contribution in [0.5, 0.6) is 0 Å². The van der Waals surface area contributed by atoms with Gasteiger partial charge in [-0.1, -0.05) is 19.8 Å². The maximum Gasteiger partial charge on any atom is 0.0362 e. The van der Waals surface area contributed by atoms with Crippen molar-refractivity contribution in [1.82, 2.24) is 15.2 Å². The van der Waals surface area contributed by atoms with Gasteiger partial charge < -0.3 is 10.2 Å². The van der Waals surface area contributed by atoms with Crippen LogP contribution in [0.25, 0.3) is 0 Å². The summed E-state index contributed by atoms with van der Waals surface area (Å²) >= 11 is 0. The molecule has 1 aromatic heterocycles. The SMILES string of the molecule is CNC(Cc1ccncc1)C1(N(C)C)CCCC(C)C1. The second-order valence-corrected chi connectivity index (χ2v) is 6.60. The molecule has 3 unspecified atom stereocenters. The van der Waals surface area contributed by atoms with Crippen molar-refractivity contribution in [3.05, 3.63) is 30.1 Å². The van der Waals surface area contributed by atoms with Crippen LogP contribution in [0.2, 0.25) is 0 Å².